The zero-order valence-corrected chi connectivity index (χ0v) is 18.4. The van der Waals surface area contributed by atoms with Gasteiger partial charge in [-0.15, -0.1) is 11.3 Å². The van der Waals surface area contributed by atoms with Gasteiger partial charge < -0.3 is 5.73 Å². The van der Waals surface area contributed by atoms with Gasteiger partial charge in [0.2, 0.25) is 0 Å². The molecule has 0 fully saturated rings. The number of primary amides is 1. The van der Waals surface area contributed by atoms with Crippen molar-refractivity contribution in [3.8, 4) is 21.6 Å². The summed E-state index contributed by atoms with van der Waals surface area (Å²) in [7, 11) is -6.66. The summed E-state index contributed by atoms with van der Waals surface area (Å²) in [6.07, 6.45) is 2.27. The first-order valence-corrected chi connectivity index (χ1v) is 13.0. The standard InChI is InChI=1S/C20H19NO5S3/c1-12-17(13-4-8-15(9-5-13)28(2,23)24)19(27-18(12)20(21)22)14-6-10-16(11-7-14)29(3,25)26/h4-11H,1-3H3,(H2,21,22). The summed E-state index contributed by atoms with van der Waals surface area (Å²) in [5.41, 5.74) is 8.45. The van der Waals surface area contributed by atoms with Gasteiger partial charge in [0.25, 0.3) is 5.91 Å². The van der Waals surface area contributed by atoms with Crippen LogP contribution in [0.1, 0.15) is 15.2 Å². The molecular weight excluding hydrogens is 430 g/mol. The molecule has 29 heavy (non-hydrogen) atoms. The van der Waals surface area contributed by atoms with Crippen LogP contribution < -0.4 is 5.73 Å². The molecule has 1 aromatic heterocycles. The molecule has 0 radical (unpaired) electrons. The Labute approximate surface area is 173 Å². The second kappa shape index (κ2) is 7.40. The molecule has 6 nitrogen and oxygen atoms in total. The molecule has 3 aromatic rings. The molecule has 152 valence electrons. The normalized spacial score (nSPS) is 12.1. The minimum Gasteiger partial charge on any atom is -0.365 e. The van der Waals surface area contributed by atoms with Gasteiger partial charge >= 0.3 is 0 Å². The largest absolute Gasteiger partial charge is 0.365 e. The lowest BCUT2D eigenvalue weighted by Gasteiger charge is -2.08. The monoisotopic (exact) mass is 449 g/mol. The van der Waals surface area contributed by atoms with Crippen LogP contribution in [0, 0.1) is 6.92 Å². The highest BCUT2D eigenvalue weighted by Crippen LogP contribution is 2.43. The van der Waals surface area contributed by atoms with Crippen molar-refractivity contribution < 1.29 is 21.6 Å². The molecule has 0 spiro atoms. The Balaban J connectivity index is 2.21. The molecule has 3 rings (SSSR count). The number of rotatable bonds is 5. The first kappa shape index (κ1) is 21.2. The zero-order valence-electron chi connectivity index (χ0n) is 16.0. The van der Waals surface area contributed by atoms with E-state index in [1.54, 1.807) is 31.2 Å². The molecule has 2 aromatic carbocycles. The SMILES string of the molecule is Cc1c(C(N)=O)sc(-c2ccc(S(C)(=O)=O)cc2)c1-c1ccc(S(C)(=O)=O)cc1. The number of hydrogen-bond acceptors (Lipinski definition) is 6. The summed E-state index contributed by atoms with van der Waals surface area (Å²) in [4.78, 5) is 13.4. The summed E-state index contributed by atoms with van der Waals surface area (Å²) in [5.74, 6) is -0.555. The van der Waals surface area contributed by atoms with Gasteiger partial charge in [0.15, 0.2) is 19.7 Å². The number of thiophene rings is 1. The highest BCUT2D eigenvalue weighted by Gasteiger charge is 2.21. The Bertz CT molecular complexity index is 1300. The van der Waals surface area contributed by atoms with E-state index in [1.807, 2.05) is 0 Å². The highest BCUT2D eigenvalue weighted by molar-refractivity contribution is 7.91. The molecule has 0 saturated carbocycles. The Morgan fingerprint density at radius 3 is 1.59 bits per heavy atom. The fraction of sp³-hybridized carbons (Fsp3) is 0.150. The minimum absolute atomic E-state index is 0.198. The molecule has 0 aliphatic rings. The van der Waals surface area contributed by atoms with E-state index in [1.165, 1.54) is 35.6 Å². The van der Waals surface area contributed by atoms with E-state index >= 15 is 0 Å². The smallest absolute Gasteiger partial charge is 0.259 e. The first-order valence-electron chi connectivity index (χ1n) is 8.44. The predicted octanol–water partition coefficient (Wildman–Crippen LogP) is 3.30. The van der Waals surface area contributed by atoms with E-state index in [0.29, 0.717) is 10.4 Å². The second-order valence-electron chi connectivity index (χ2n) is 6.72. The van der Waals surface area contributed by atoms with Crippen molar-refractivity contribution in [2.24, 2.45) is 5.73 Å². The quantitative estimate of drug-likeness (QED) is 0.642. The number of benzene rings is 2. The lowest BCUT2D eigenvalue weighted by atomic mass is 9.98. The Morgan fingerprint density at radius 2 is 1.21 bits per heavy atom. The van der Waals surface area contributed by atoms with Gasteiger partial charge in [-0.25, -0.2) is 16.8 Å². The third-order valence-corrected chi connectivity index (χ3v) is 8.10. The molecule has 0 bridgehead atoms. The van der Waals surface area contributed by atoms with Crippen LogP contribution in [0.25, 0.3) is 21.6 Å². The predicted molar refractivity (Wildman–Crippen MR) is 115 cm³/mol. The lowest BCUT2D eigenvalue weighted by Crippen LogP contribution is -2.10. The van der Waals surface area contributed by atoms with Crippen molar-refractivity contribution in [1.82, 2.24) is 0 Å². The molecule has 1 amide bonds. The number of carbonyl (C=O) groups excluding carboxylic acids is 1. The third kappa shape index (κ3) is 4.26. The van der Waals surface area contributed by atoms with Crippen molar-refractivity contribution in [1.29, 1.82) is 0 Å². The van der Waals surface area contributed by atoms with Crippen LogP contribution in [0.3, 0.4) is 0 Å². The fourth-order valence-electron chi connectivity index (χ4n) is 3.02. The van der Waals surface area contributed by atoms with Crippen LogP contribution in [0.15, 0.2) is 58.3 Å². The molecule has 0 unspecified atom stereocenters. The number of carbonyl (C=O) groups is 1. The van der Waals surface area contributed by atoms with Crippen molar-refractivity contribution in [3.05, 3.63) is 59.0 Å². The summed E-state index contributed by atoms with van der Waals surface area (Å²) in [5, 5.41) is 0. The number of nitrogens with two attached hydrogens (primary N) is 1. The summed E-state index contributed by atoms with van der Waals surface area (Å²) in [6, 6.07) is 12.8. The Kier molecular flexibility index (Phi) is 5.42. The number of sulfone groups is 2. The van der Waals surface area contributed by atoms with Gasteiger partial charge in [0, 0.05) is 23.0 Å². The molecule has 9 heteroatoms. The van der Waals surface area contributed by atoms with Crippen LogP contribution in [0.5, 0.6) is 0 Å². The van der Waals surface area contributed by atoms with Gasteiger partial charge in [-0.05, 0) is 47.9 Å². The van der Waals surface area contributed by atoms with Crippen LogP contribution in [-0.2, 0) is 19.7 Å². The fourth-order valence-corrected chi connectivity index (χ4v) is 5.47. The topological polar surface area (TPSA) is 111 Å². The maximum Gasteiger partial charge on any atom is 0.259 e. The van der Waals surface area contributed by atoms with Gasteiger partial charge in [-0.3, -0.25) is 4.79 Å². The first-order chi connectivity index (χ1) is 13.4. The maximum absolute atomic E-state index is 11.9. The van der Waals surface area contributed by atoms with Crippen molar-refractivity contribution in [2.45, 2.75) is 16.7 Å². The van der Waals surface area contributed by atoms with Crippen LogP contribution in [0.4, 0.5) is 0 Å². The van der Waals surface area contributed by atoms with Crippen molar-refractivity contribution in [2.75, 3.05) is 12.5 Å². The Morgan fingerprint density at radius 1 is 0.793 bits per heavy atom. The van der Waals surface area contributed by atoms with Gasteiger partial charge in [0.1, 0.15) is 0 Å². The third-order valence-electron chi connectivity index (χ3n) is 4.49. The van der Waals surface area contributed by atoms with E-state index in [-0.39, 0.29) is 9.79 Å². The minimum atomic E-state index is -3.33. The molecule has 0 aliphatic heterocycles. The summed E-state index contributed by atoms with van der Waals surface area (Å²) < 4.78 is 46.9. The van der Waals surface area contributed by atoms with E-state index in [4.69, 9.17) is 5.73 Å². The van der Waals surface area contributed by atoms with E-state index in [9.17, 15) is 21.6 Å². The highest BCUT2D eigenvalue weighted by atomic mass is 32.2. The molecule has 2 N–H and O–H groups in total. The second-order valence-corrected chi connectivity index (χ2v) is 11.8. The number of amides is 1. The van der Waals surface area contributed by atoms with E-state index in [2.05, 4.69) is 0 Å². The number of hydrogen-bond donors (Lipinski definition) is 1. The van der Waals surface area contributed by atoms with Gasteiger partial charge in [0.05, 0.1) is 14.7 Å². The van der Waals surface area contributed by atoms with Crippen LogP contribution in [0.2, 0.25) is 0 Å². The van der Waals surface area contributed by atoms with Gasteiger partial charge in [-0.1, -0.05) is 24.3 Å². The lowest BCUT2D eigenvalue weighted by molar-refractivity contribution is 0.100. The molecule has 0 aliphatic carbocycles. The van der Waals surface area contributed by atoms with E-state index in [0.717, 1.165) is 34.1 Å². The van der Waals surface area contributed by atoms with E-state index < -0.39 is 25.6 Å². The summed E-state index contributed by atoms with van der Waals surface area (Å²) >= 11 is 1.22. The maximum atomic E-state index is 11.9. The molecule has 0 atom stereocenters. The molecule has 0 saturated heterocycles. The molecule has 1 heterocycles. The Hall–Kier alpha value is -2.49. The van der Waals surface area contributed by atoms with Crippen molar-refractivity contribution >= 4 is 36.9 Å². The van der Waals surface area contributed by atoms with Crippen molar-refractivity contribution in [3.63, 3.8) is 0 Å². The average molecular weight is 450 g/mol. The molecular formula is C20H19NO5S3. The van der Waals surface area contributed by atoms with Crippen LogP contribution >= 0.6 is 11.3 Å². The van der Waals surface area contributed by atoms with Crippen LogP contribution in [-0.4, -0.2) is 35.3 Å². The van der Waals surface area contributed by atoms with Gasteiger partial charge in [-0.2, -0.15) is 0 Å². The summed E-state index contributed by atoms with van der Waals surface area (Å²) in [6.45, 7) is 1.78. The zero-order chi connectivity index (χ0) is 21.6. The average Bonchev–Trinajstić information content (AvgIpc) is 2.98.